The van der Waals surface area contributed by atoms with Crippen LogP contribution in [0.15, 0.2) is 24.3 Å². The largest absolute Gasteiger partial charge is 0.478 e. The molecule has 0 heterocycles. The van der Waals surface area contributed by atoms with Crippen molar-refractivity contribution in [1.29, 1.82) is 0 Å². The standard InChI is InChI=1S/C18H24O2/c1-2-3-4-5-14-6-8-15(9-7-14)16-10-12-17(13-11-16)18(19)20/h5,10-15H,2-4,6-9H2,1H3/p+1. The van der Waals surface area contributed by atoms with Crippen LogP contribution in [0.2, 0.25) is 0 Å². The Labute approximate surface area is 122 Å². The minimum atomic E-state index is -0.842. The molecule has 1 aliphatic carbocycles. The van der Waals surface area contributed by atoms with Crippen molar-refractivity contribution in [2.24, 2.45) is 5.92 Å². The first-order valence-corrected chi connectivity index (χ1v) is 7.87. The molecule has 1 fully saturated rings. The zero-order chi connectivity index (χ0) is 14.4. The lowest BCUT2D eigenvalue weighted by atomic mass is 9.77. The van der Waals surface area contributed by atoms with Crippen LogP contribution >= 0.6 is 0 Å². The Kier molecular flexibility index (Phi) is 5.51. The molecule has 0 radical (unpaired) electrons. The third-order valence-electron chi connectivity index (χ3n) is 4.46. The summed E-state index contributed by atoms with van der Waals surface area (Å²) in [5, 5.41) is 8.92. The Morgan fingerprint density at radius 1 is 1.20 bits per heavy atom. The number of benzene rings is 1. The first-order valence-electron chi connectivity index (χ1n) is 7.87. The highest BCUT2D eigenvalue weighted by molar-refractivity contribution is 5.87. The SMILES string of the molecule is CCCC[CH+]C1CCC(c2ccc(C(=O)O)cc2)CC1. The average molecular weight is 273 g/mol. The second-order valence-electron chi connectivity index (χ2n) is 5.92. The van der Waals surface area contributed by atoms with E-state index in [0.717, 1.165) is 5.92 Å². The van der Waals surface area contributed by atoms with Crippen molar-refractivity contribution in [3.05, 3.63) is 41.8 Å². The van der Waals surface area contributed by atoms with E-state index in [2.05, 4.69) is 13.3 Å². The van der Waals surface area contributed by atoms with Gasteiger partial charge in [0.25, 0.3) is 0 Å². The summed E-state index contributed by atoms with van der Waals surface area (Å²) >= 11 is 0. The molecule has 1 saturated carbocycles. The second kappa shape index (κ2) is 7.37. The Balaban J connectivity index is 1.82. The number of rotatable bonds is 6. The van der Waals surface area contributed by atoms with Gasteiger partial charge in [-0.2, -0.15) is 0 Å². The average Bonchev–Trinajstić information content (AvgIpc) is 2.48. The molecule has 108 valence electrons. The number of carboxylic acids is 1. The highest BCUT2D eigenvalue weighted by Gasteiger charge is 2.26. The summed E-state index contributed by atoms with van der Waals surface area (Å²) in [6.07, 6.45) is 11.4. The molecule has 0 saturated heterocycles. The zero-order valence-electron chi connectivity index (χ0n) is 12.3. The van der Waals surface area contributed by atoms with E-state index in [1.807, 2.05) is 12.1 Å². The minimum absolute atomic E-state index is 0.385. The van der Waals surface area contributed by atoms with E-state index in [0.29, 0.717) is 11.5 Å². The zero-order valence-corrected chi connectivity index (χ0v) is 12.3. The van der Waals surface area contributed by atoms with Crippen molar-refractivity contribution in [3.63, 3.8) is 0 Å². The number of hydrogen-bond acceptors (Lipinski definition) is 1. The highest BCUT2D eigenvalue weighted by atomic mass is 16.4. The van der Waals surface area contributed by atoms with Crippen LogP contribution in [0, 0.1) is 12.3 Å². The molecule has 2 rings (SSSR count). The summed E-state index contributed by atoms with van der Waals surface area (Å²) in [7, 11) is 0. The first-order chi connectivity index (χ1) is 9.70. The molecule has 2 heteroatoms. The smallest absolute Gasteiger partial charge is 0.335 e. The van der Waals surface area contributed by atoms with Gasteiger partial charge in [-0.3, -0.25) is 0 Å². The number of hydrogen-bond donors (Lipinski definition) is 1. The molecule has 1 aromatic carbocycles. The third kappa shape index (κ3) is 4.03. The van der Waals surface area contributed by atoms with Crippen molar-refractivity contribution >= 4 is 5.97 Å². The molecule has 0 aromatic heterocycles. The topological polar surface area (TPSA) is 37.3 Å². The molecule has 1 aromatic rings. The summed E-state index contributed by atoms with van der Waals surface area (Å²) in [5.74, 6) is 0.579. The maximum absolute atomic E-state index is 10.9. The van der Waals surface area contributed by atoms with Gasteiger partial charge < -0.3 is 5.11 Å². The second-order valence-corrected chi connectivity index (χ2v) is 5.92. The summed E-state index contributed by atoms with van der Waals surface area (Å²) in [4.78, 5) is 10.9. The molecule has 0 unspecified atom stereocenters. The van der Waals surface area contributed by atoms with E-state index >= 15 is 0 Å². The van der Waals surface area contributed by atoms with Gasteiger partial charge in [0.2, 0.25) is 0 Å². The maximum Gasteiger partial charge on any atom is 0.335 e. The van der Waals surface area contributed by atoms with Crippen LogP contribution in [0.4, 0.5) is 0 Å². The molecule has 0 aliphatic heterocycles. The molecule has 0 bridgehead atoms. The van der Waals surface area contributed by atoms with Crippen LogP contribution in [0.3, 0.4) is 0 Å². The molecule has 20 heavy (non-hydrogen) atoms. The lowest BCUT2D eigenvalue weighted by Gasteiger charge is -2.25. The van der Waals surface area contributed by atoms with Crippen molar-refractivity contribution in [3.8, 4) is 0 Å². The number of carboxylic acid groups (broad SMARTS) is 1. The summed E-state index contributed by atoms with van der Waals surface area (Å²) in [5.41, 5.74) is 1.69. The van der Waals surface area contributed by atoms with Gasteiger partial charge >= 0.3 is 5.97 Å². The Hall–Kier alpha value is -1.44. The first kappa shape index (κ1) is 15.0. The van der Waals surface area contributed by atoms with Crippen LogP contribution in [-0.4, -0.2) is 11.1 Å². The maximum atomic E-state index is 10.9. The van der Waals surface area contributed by atoms with E-state index in [4.69, 9.17) is 5.11 Å². The van der Waals surface area contributed by atoms with Gasteiger partial charge in [-0.15, -0.1) is 0 Å². The van der Waals surface area contributed by atoms with Gasteiger partial charge in [-0.25, -0.2) is 4.79 Å². The van der Waals surface area contributed by atoms with E-state index in [-0.39, 0.29) is 0 Å². The Morgan fingerprint density at radius 2 is 1.85 bits per heavy atom. The summed E-state index contributed by atoms with van der Waals surface area (Å²) in [6.45, 7) is 2.24. The van der Waals surface area contributed by atoms with Gasteiger partial charge in [-0.1, -0.05) is 25.5 Å². The minimum Gasteiger partial charge on any atom is -0.478 e. The van der Waals surface area contributed by atoms with Gasteiger partial charge in [-0.05, 0) is 55.7 Å². The van der Waals surface area contributed by atoms with E-state index in [1.54, 1.807) is 12.1 Å². The van der Waals surface area contributed by atoms with E-state index < -0.39 is 5.97 Å². The number of unbranched alkanes of at least 4 members (excludes halogenated alkanes) is 2. The summed E-state index contributed by atoms with van der Waals surface area (Å²) in [6, 6.07) is 7.46. The molecular formula is C18H25O2+. The molecule has 1 aliphatic rings. The van der Waals surface area contributed by atoms with Crippen molar-refractivity contribution in [1.82, 2.24) is 0 Å². The fourth-order valence-electron chi connectivity index (χ4n) is 3.14. The van der Waals surface area contributed by atoms with Gasteiger partial charge in [0, 0.05) is 0 Å². The number of aromatic carboxylic acids is 1. The number of carbonyl (C=O) groups is 1. The normalized spacial score (nSPS) is 22.4. The van der Waals surface area contributed by atoms with Crippen LogP contribution < -0.4 is 0 Å². The van der Waals surface area contributed by atoms with Crippen molar-refractivity contribution in [2.45, 2.75) is 57.8 Å². The van der Waals surface area contributed by atoms with Crippen LogP contribution in [0.1, 0.15) is 73.7 Å². The lowest BCUT2D eigenvalue weighted by Crippen LogP contribution is -2.14. The van der Waals surface area contributed by atoms with E-state index in [9.17, 15) is 4.79 Å². The van der Waals surface area contributed by atoms with Gasteiger partial charge in [0.15, 0.2) is 0 Å². The van der Waals surface area contributed by atoms with Crippen molar-refractivity contribution in [2.75, 3.05) is 0 Å². The molecule has 0 atom stereocenters. The fourth-order valence-corrected chi connectivity index (χ4v) is 3.14. The van der Waals surface area contributed by atoms with Crippen molar-refractivity contribution < 1.29 is 9.90 Å². The Bertz CT molecular complexity index is 414. The quantitative estimate of drug-likeness (QED) is 0.581. The highest BCUT2D eigenvalue weighted by Crippen LogP contribution is 2.37. The van der Waals surface area contributed by atoms with E-state index in [1.165, 1.54) is 50.5 Å². The molecule has 0 spiro atoms. The van der Waals surface area contributed by atoms with Crippen LogP contribution in [-0.2, 0) is 0 Å². The van der Waals surface area contributed by atoms with Crippen LogP contribution in [0.25, 0.3) is 0 Å². The summed E-state index contributed by atoms with van der Waals surface area (Å²) < 4.78 is 0. The predicted octanol–water partition coefficient (Wildman–Crippen LogP) is 5.05. The molecule has 2 nitrogen and oxygen atoms in total. The third-order valence-corrected chi connectivity index (χ3v) is 4.46. The fraction of sp³-hybridized carbons (Fsp3) is 0.556. The molecule has 0 amide bonds. The monoisotopic (exact) mass is 273 g/mol. The van der Waals surface area contributed by atoms with Crippen LogP contribution in [0.5, 0.6) is 0 Å². The van der Waals surface area contributed by atoms with Gasteiger partial charge in [0.05, 0.1) is 24.3 Å². The van der Waals surface area contributed by atoms with Gasteiger partial charge in [0.1, 0.15) is 0 Å². The predicted molar refractivity (Wildman–Crippen MR) is 81.9 cm³/mol. The molecular weight excluding hydrogens is 248 g/mol. The lowest BCUT2D eigenvalue weighted by molar-refractivity contribution is 0.0697. The Morgan fingerprint density at radius 3 is 2.40 bits per heavy atom. The molecule has 1 N–H and O–H groups in total.